The Kier molecular flexibility index (Phi) is 2.96. The van der Waals surface area contributed by atoms with Gasteiger partial charge in [0.25, 0.3) is 5.89 Å². The molecule has 8 heteroatoms. The molecule has 7 nitrogen and oxygen atoms in total. The van der Waals surface area contributed by atoms with Crippen LogP contribution < -0.4 is 0 Å². The number of nitrogens with one attached hydrogen (secondary N) is 1. The molecule has 0 amide bonds. The van der Waals surface area contributed by atoms with Crippen LogP contribution in [-0.4, -0.2) is 31.2 Å². The van der Waals surface area contributed by atoms with Gasteiger partial charge in [-0.15, -0.1) is 0 Å². The minimum Gasteiger partial charge on any atom is -0.476 e. The number of carbonyl (C=O) groups is 1. The van der Waals surface area contributed by atoms with Crippen molar-refractivity contribution >= 4 is 17.6 Å². The molecule has 0 saturated heterocycles. The number of imidazole rings is 1. The largest absolute Gasteiger partial charge is 0.476 e. The normalized spacial score (nSPS) is 10.7. The monoisotopic (exact) mass is 290 g/mol. The molecule has 0 fully saturated rings. The van der Waals surface area contributed by atoms with Gasteiger partial charge in [0.2, 0.25) is 5.82 Å². The summed E-state index contributed by atoms with van der Waals surface area (Å²) < 4.78 is 5.06. The third-order valence-electron chi connectivity index (χ3n) is 2.56. The predicted molar refractivity (Wildman–Crippen MR) is 69.3 cm³/mol. The maximum atomic E-state index is 11.0. The quantitative estimate of drug-likeness (QED) is 0.767. The van der Waals surface area contributed by atoms with Gasteiger partial charge in [-0.1, -0.05) is 28.9 Å². The van der Waals surface area contributed by atoms with Gasteiger partial charge in [-0.2, -0.15) is 4.98 Å². The Bertz CT molecular complexity index is 780. The van der Waals surface area contributed by atoms with E-state index in [2.05, 4.69) is 20.1 Å². The van der Waals surface area contributed by atoms with Crippen molar-refractivity contribution in [3.8, 4) is 23.0 Å². The first-order valence-electron chi connectivity index (χ1n) is 5.52. The number of aromatic carboxylic acids is 1. The number of carboxylic acids is 1. The van der Waals surface area contributed by atoms with Crippen LogP contribution in [0.25, 0.3) is 23.0 Å². The number of benzene rings is 1. The molecule has 1 aromatic carbocycles. The third kappa shape index (κ3) is 2.14. The van der Waals surface area contributed by atoms with Gasteiger partial charge in [0.05, 0.1) is 6.33 Å². The summed E-state index contributed by atoms with van der Waals surface area (Å²) in [6.07, 6.45) is 1.25. The highest BCUT2D eigenvalue weighted by Crippen LogP contribution is 2.24. The first-order chi connectivity index (χ1) is 9.65. The zero-order valence-corrected chi connectivity index (χ0v) is 10.6. The molecule has 20 heavy (non-hydrogen) atoms. The summed E-state index contributed by atoms with van der Waals surface area (Å²) in [5, 5.41) is 13.3. The predicted octanol–water partition coefficient (Wildman–Crippen LogP) is 2.48. The molecule has 2 aromatic heterocycles. The van der Waals surface area contributed by atoms with Gasteiger partial charge in [0.15, 0.2) is 5.69 Å². The zero-order valence-electron chi connectivity index (χ0n) is 9.87. The molecule has 0 aliphatic carbocycles. The lowest BCUT2D eigenvalue weighted by Gasteiger charge is -1.94. The van der Waals surface area contributed by atoms with Crippen LogP contribution in [0.15, 0.2) is 35.1 Å². The fraction of sp³-hybridized carbons (Fsp3) is 0. The molecule has 100 valence electrons. The first-order valence-corrected chi connectivity index (χ1v) is 5.89. The van der Waals surface area contributed by atoms with E-state index >= 15 is 0 Å². The number of aromatic amines is 1. The lowest BCUT2D eigenvalue weighted by Crippen LogP contribution is -1.99. The van der Waals surface area contributed by atoms with Gasteiger partial charge in [-0.05, 0) is 12.1 Å². The van der Waals surface area contributed by atoms with Crippen molar-refractivity contribution in [2.24, 2.45) is 0 Å². The van der Waals surface area contributed by atoms with Crippen molar-refractivity contribution in [1.82, 2.24) is 20.1 Å². The van der Waals surface area contributed by atoms with Crippen molar-refractivity contribution in [1.29, 1.82) is 0 Å². The molecule has 0 spiro atoms. The van der Waals surface area contributed by atoms with Crippen LogP contribution in [0.2, 0.25) is 5.02 Å². The lowest BCUT2D eigenvalue weighted by molar-refractivity contribution is 0.0691. The number of H-pyrrole nitrogens is 1. The SMILES string of the molecule is O=C(O)c1nc[nH]c1-c1nc(-c2cccc(Cl)c2)no1. The molecule has 0 atom stereocenters. The summed E-state index contributed by atoms with van der Waals surface area (Å²) in [6, 6.07) is 6.93. The molecular weight excluding hydrogens is 284 g/mol. The second-order valence-electron chi connectivity index (χ2n) is 3.86. The molecule has 0 bridgehead atoms. The highest BCUT2D eigenvalue weighted by molar-refractivity contribution is 6.30. The molecule has 0 saturated carbocycles. The van der Waals surface area contributed by atoms with Crippen molar-refractivity contribution in [2.45, 2.75) is 0 Å². The summed E-state index contributed by atoms with van der Waals surface area (Å²) in [7, 11) is 0. The Morgan fingerprint density at radius 1 is 1.40 bits per heavy atom. The maximum absolute atomic E-state index is 11.0. The van der Waals surface area contributed by atoms with Crippen LogP contribution in [0.1, 0.15) is 10.5 Å². The average Bonchev–Trinajstić information content (AvgIpc) is 3.07. The Morgan fingerprint density at radius 3 is 3.00 bits per heavy atom. The van der Waals surface area contributed by atoms with Crippen molar-refractivity contribution in [3.05, 3.63) is 41.3 Å². The maximum Gasteiger partial charge on any atom is 0.356 e. The molecule has 0 radical (unpaired) electrons. The summed E-state index contributed by atoms with van der Waals surface area (Å²) in [5.74, 6) is -0.813. The van der Waals surface area contributed by atoms with E-state index in [-0.39, 0.29) is 17.3 Å². The van der Waals surface area contributed by atoms with E-state index in [0.29, 0.717) is 16.4 Å². The smallest absolute Gasteiger partial charge is 0.356 e. The summed E-state index contributed by atoms with van der Waals surface area (Å²) in [6.45, 7) is 0. The van der Waals surface area contributed by atoms with Crippen LogP contribution in [-0.2, 0) is 0 Å². The topological polar surface area (TPSA) is 105 Å². The van der Waals surface area contributed by atoms with E-state index in [4.69, 9.17) is 21.2 Å². The number of hydrogen-bond donors (Lipinski definition) is 2. The van der Waals surface area contributed by atoms with E-state index in [1.807, 2.05) is 0 Å². The van der Waals surface area contributed by atoms with Crippen LogP contribution in [0, 0.1) is 0 Å². The minimum absolute atomic E-state index is 0.0508. The number of aromatic nitrogens is 4. The van der Waals surface area contributed by atoms with Crippen LogP contribution in [0.4, 0.5) is 0 Å². The third-order valence-corrected chi connectivity index (χ3v) is 2.80. The van der Waals surface area contributed by atoms with Crippen molar-refractivity contribution in [2.75, 3.05) is 0 Å². The molecule has 3 rings (SSSR count). The first kappa shape index (κ1) is 12.4. The summed E-state index contributed by atoms with van der Waals surface area (Å²) in [4.78, 5) is 21.5. The molecule has 0 aliphatic rings. The van der Waals surface area contributed by atoms with Gasteiger partial charge >= 0.3 is 5.97 Å². The number of rotatable bonds is 3. The highest BCUT2D eigenvalue weighted by atomic mass is 35.5. The molecule has 0 unspecified atom stereocenters. The number of hydrogen-bond acceptors (Lipinski definition) is 5. The van der Waals surface area contributed by atoms with E-state index in [9.17, 15) is 4.79 Å². The van der Waals surface area contributed by atoms with Gasteiger partial charge in [-0.25, -0.2) is 9.78 Å². The van der Waals surface area contributed by atoms with Gasteiger partial charge in [0, 0.05) is 10.6 Å². The second kappa shape index (κ2) is 4.78. The number of carboxylic acid groups (broad SMARTS) is 1. The molecule has 2 N–H and O–H groups in total. The van der Waals surface area contributed by atoms with E-state index in [1.54, 1.807) is 24.3 Å². The Balaban J connectivity index is 2.02. The highest BCUT2D eigenvalue weighted by Gasteiger charge is 2.20. The van der Waals surface area contributed by atoms with Gasteiger partial charge < -0.3 is 14.6 Å². The fourth-order valence-electron chi connectivity index (χ4n) is 1.69. The molecule has 0 aliphatic heterocycles. The number of nitrogens with zero attached hydrogens (tertiary/aromatic N) is 3. The van der Waals surface area contributed by atoms with Crippen molar-refractivity contribution in [3.63, 3.8) is 0 Å². The van der Waals surface area contributed by atoms with E-state index in [1.165, 1.54) is 6.33 Å². The average molecular weight is 291 g/mol. The zero-order chi connectivity index (χ0) is 14.1. The van der Waals surface area contributed by atoms with E-state index in [0.717, 1.165) is 0 Å². The minimum atomic E-state index is -1.18. The summed E-state index contributed by atoms with van der Waals surface area (Å²) >= 11 is 5.89. The molecular formula is C12H7ClN4O3. The second-order valence-corrected chi connectivity index (χ2v) is 4.30. The van der Waals surface area contributed by atoms with E-state index < -0.39 is 5.97 Å². The van der Waals surface area contributed by atoms with Crippen LogP contribution in [0.5, 0.6) is 0 Å². The molecule has 3 aromatic rings. The van der Waals surface area contributed by atoms with Crippen LogP contribution in [0.3, 0.4) is 0 Å². The number of halogens is 1. The fourth-order valence-corrected chi connectivity index (χ4v) is 1.88. The summed E-state index contributed by atoms with van der Waals surface area (Å²) in [5.41, 5.74) is 0.661. The Morgan fingerprint density at radius 2 is 2.25 bits per heavy atom. The lowest BCUT2D eigenvalue weighted by atomic mass is 10.2. The van der Waals surface area contributed by atoms with Crippen LogP contribution >= 0.6 is 11.6 Å². The Hall–Kier alpha value is -2.67. The standard InChI is InChI=1S/C12H7ClN4O3/c13-7-3-1-2-6(4-7)10-16-11(20-17-10)8-9(12(18)19)15-5-14-8/h1-5H,(H,14,15)(H,18,19). The molecule has 2 heterocycles. The van der Waals surface area contributed by atoms with Gasteiger partial charge in [-0.3, -0.25) is 0 Å². The Labute approximate surface area is 117 Å². The van der Waals surface area contributed by atoms with Crippen molar-refractivity contribution < 1.29 is 14.4 Å². The van der Waals surface area contributed by atoms with Gasteiger partial charge in [0.1, 0.15) is 5.69 Å².